The molecular weight excluding hydrogens is 353 g/mol. The van der Waals surface area contributed by atoms with Gasteiger partial charge in [-0.05, 0) is 46.3 Å². The van der Waals surface area contributed by atoms with Crippen LogP contribution in [0.3, 0.4) is 0 Å². The van der Waals surface area contributed by atoms with Crippen molar-refractivity contribution in [3.63, 3.8) is 0 Å². The van der Waals surface area contributed by atoms with Crippen LogP contribution in [0, 0.1) is 5.82 Å². The quantitative estimate of drug-likeness (QED) is 0.808. The number of hydrogen-bond acceptors (Lipinski definition) is 2. The molecular formula is C13H8BrClFNOS. The number of ether oxygens (including phenoxy) is 1. The number of rotatable bonds is 3. The van der Waals surface area contributed by atoms with Crippen molar-refractivity contribution in [3.05, 3.63) is 57.3 Å². The minimum absolute atomic E-state index is 0.202. The maximum atomic E-state index is 13.1. The lowest BCUT2D eigenvalue weighted by Crippen LogP contribution is -2.10. The third-order valence-corrected chi connectivity index (χ3v) is 3.39. The van der Waals surface area contributed by atoms with Crippen LogP contribution in [0.15, 0.2) is 40.9 Å². The van der Waals surface area contributed by atoms with Crippen molar-refractivity contribution in [2.24, 2.45) is 5.73 Å². The van der Waals surface area contributed by atoms with E-state index in [0.717, 1.165) is 0 Å². The molecule has 0 fully saturated rings. The molecule has 0 heterocycles. The maximum absolute atomic E-state index is 13.1. The zero-order valence-electron chi connectivity index (χ0n) is 9.49. The zero-order valence-corrected chi connectivity index (χ0v) is 12.7. The number of hydrogen-bond donors (Lipinski definition) is 1. The van der Waals surface area contributed by atoms with Crippen LogP contribution in [-0.4, -0.2) is 4.99 Å². The van der Waals surface area contributed by atoms with Crippen LogP contribution in [-0.2, 0) is 0 Å². The Labute approximate surface area is 128 Å². The van der Waals surface area contributed by atoms with Crippen molar-refractivity contribution in [2.45, 2.75) is 0 Å². The molecule has 0 amide bonds. The van der Waals surface area contributed by atoms with Gasteiger partial charge in [-0.3, -0.25) is 0 Å². The summed E-state index contributed by atoms with van der Waals surface area (Å²) >= 11 is 13.9. The first-order chi connectivity index (χ1) is 8.97. The molecule has 0 saturated heterocycles. The summed E-state index contributed by atoms with van der Waals surface area (Å²) in [4.78, 5) is 0.202. The van der Waals surface area contributed by atoms with Crippen molar-refractivity contribution in [1.29, 1.82) is 0 Å². The fourth-order valence-electron chi connectivity index (χ4n) is 1.45. The molecule has 0 saturated carbocycles. The number of thiocarbonyl (C=S) groups is 1. The van der Waals surface area contributed by atoms with Gasteiger partial charge in [0.25, 0.3) is 0 Å². The first-order valence-corrected chi connectivity index (χ1v) is 6.77. The van der Waals surface area contributed by atoms with Crippen LogP contribution in [0.5, 0.6) is 11.5 Å². The molecule has 2 aromatic carbocycles. The fourth-order valence-corrected chi connectivity index (χ4v) is 2.14. The molecule has 0 unspecified atom stereocenters. The molecule has 2 aromatic rings. The molecule has 0 aliphatic rings. The van der Waals surface area contributed by atoms with E-state index in [0.29, 0.717) is 26.6 Å². The van der Waals surface area contributed by atoms with E-state index in [1.165, 1.54) is 18.2 Å². The molecule has 0 bridgehead atoms. The summed E-state index contributed by atoms with van der Waals surface area (Å²) in [5.74, 6) is 0.513. The summed E-state index contributed by atoms with van der Waals surface area (Å²) in [5.41, 5.74) is 6.18. The molecule has 6 heteroatoms. The van der Waals surface area contributed by atoms with Crippen LogP contribution in [0.25, 0.3) is 0 Å². The lowest BCUT2D eigenvalue weighted by atomic mass is 10.2. The standard InChI is InChI=1S/C13H8BrClFNOS/c14-10-6-8(2-4-11(10)16)18-12-5-7(15)1-3-9(12)13(17)19/h1-6H,(H2,17,19). The van der Waals surface area contributed by atoms with Gasteiger partial charge in [-0.25, -0.2) is 4.39 Å². The van der Waals surface area contributed by atoms with E-state index >= 15 is 0 Å². The molecule has 19 heavy (non-hydrogen) atoms. The summed E-state index contributed by atoms with van der Waals surface area (Å²) in [5, 5.41) is 0.496. The molecule has 98 valence electrons. The van der Waals surface area contributed by atoms with Gasteiger partial charge in [-0.1, -0.05) is 23.8 Å². The molecule has 2 N–H and O–H groups in total. The Morgan fingerprint density at radius 1 is 1.26 bits per heavy atom. The van der Waals surface area contributed by atoms with E-state index in [1.807, 2.05) is 0 Å². The average Bonchev–Trinajstić information content (AvgIpc) is 2.33. The SMILES string of the molecule is NC(=S)c1ccc(Cl)cc1Oc1ccc(F)c(Br)c1. The first kappa shape index (κ1) is 14.2. The largest absolute Gasteiger partial charge is 0.457 e. The topological polar surface area (TPSA) is 35.2 Å². The maximum Gasteiger partial charge on any atom is 0.139 e. The van der Waals surface area contributed by atoms with Gasteiger partial charge in [0.2, 0.25) is 0 Å². The normalized spacial score (nSPS) is 10.3. The highest BCUT2D eigenvalue weighted by Crippen LogP contribution is 2.30. The van der Waals surface area contributed by atoms with Crippen LogP contribution in [0.1, 0.15) is 5.56 Å². The highest BCUT2D eigenvalue weighted by Gasteiger charge is 2.09. The smallest absolute Gasteiger partial charge is 0.139 e. The summed E-state index contributed by atoms with van der Waals surface area (Å²) in [6.45, 7) is 0. The van der Waals surface area contributed by atoms with Gasteiger partial charge in [-0.2, -0.15) is 0 Å². The second kappa shape index (κ2) is 5.86. The van der Waals surface area contributed by atoms with Gasteiger partial charge in [0.1, 0.15) is 22.3 Å². The van der Waals surface area contributed by atoms with Crippen molar-refractivity contribution in [3.8, 4) is 11.5 Å². The van der Waals surface area contributed by atoms with Gasteiger partial charge in [0, 0.05) is 11.1 Å². The Bertz CT molecular complexity index is 651. The third kappa shape index (κ3) is 3.43. The number of halogens is 3. The lowest BCUT2D eigenvalue weighted by molar-refractivity contribution is 0.479. The van der Waals surface area contributed by atoms with Crippen molar-refractivity contribution < 1.29 is 9.13 Å². The third-order valence-electron chi connectivity index (χ3n) is 2.33. The van der Waals surface area contributed by atoms with E-state index < -0.39 is 0 Å². The van der Waals surface area contributed by atoms with E-state index in [2.05, 4.69) is 15.9 Å². The summed E-state index contributed by atoms with van der Waals surface area (Å²) in [6.07, 6.45) is 0. The second-order valence-corrected chi connectivity index (χ2v) is 5.41. The van der Waals surface area contributed by atoms with Gasteiger partial charge in [0.15, 0.2) is 0 Å². The summed E-state index contributed by atoms with van der Waals surface area (Å²) < 4.78 is 19.1. The minimum Gasteiger partial charge on any atom is -0.457 e. The summed E-state index contributed by atoms with van der Waals surface area (Å²) in [6, 6.07) is 9.27. The van der Waals surface area contributed by atoms with Gasteiger partial charge in [-0.15, -0.1) is 0 Å². The Hall–Kier alpha value is -1.17. The van der Waals surface area contributed by atoms with Crippen molar-refractivity contribution in [2.75, 3.05) is 0 Å². The second-order valence-electron chi connectivity index (χ2n) is 3.68. The Morgan fingerprint density at radius 3 is 2.63 bits per heavy atom. The van der Waals surface area contributed by atoms with E-state index in [1.54, 1.807) is 18.2 Å². The fraction of sp³-hybridized carbons (Fsp3) is 0. The van der Waals surface area contributed by atoms with Crippen LogP contribution >= 0.6 is 39.7 Å². The van der Waals surface area contributed by atoms with Crippen LogP contribution in [0.4, 0.5) is 4.39 Å². The molecule has 2 nitrogen and oxygen atoms in total. The molecule has 2 rings (SSSR count). The number of nitrogens with two attached hydrogens (primary N) is 1. The van der Waals surface area contributed by atoms with Gasteiger partial charge < -0.3 is 10.5 Å². The van der Waals surface area contributed by atoms with Gasteiger partial charge >= 0.3 is 0 Å². The zero-order chi connectivity index (χ0) is 14.0. The average molecular weight is 361 g/mol. The lowest BCUT2D eigenvalue weighted by Gasteiger charge is -2.11. The molecule has 0 spiro atoms. The van der Waals surface area contributed by atoms with E-state index in [-0.39, 0.29) is 10.8 Å². The first-order valence-electron chi connectivity index (χ1n) is 5.19. The van der Waals surface area contributed by atoms with E-state index in [9.17, 15) is 4.39 Å². The molecule has 0 atom stereocenters. The van der Waals surface area contributed by atoms with Crippen molar-refractivity contribution in [1.82, 2.24) is 0 Å². The van der Waals surface area contributed by atoms with Crippen molar-refractivity contribution >= 4 is 44.7 Å². The molecule has 0 radical (unpaired) electrons. The monoisotopic (exact) mass is 359 g/mol. The Kier molecular flexibility index (Phi) is 4.39. The van der Waals surface area contributed by atoms with Gasteiger partial charge in [0.05, 0.1) is 10.0 Å². The summed E-state index contributed by atoms with van der Waals surface area (Å²) in [7, 11) is 0. The molecule has 0 aromatic heterocycles. The molecule has 0 aliphatic heterocycles. The Morgan fingerprint density at radius 2 is 2.00 bits per heavy atom. The van der Waals surface area contributed by atoms with Crippen LogP contribution < -0.4 is 10.5 Å². The predicted molar refractivity (Wildman–Crippen MR) is 81.5 cm³/mol. The molecule has 0 aliphatic carbocycles. The van der Waals surface area contributed by atoms with Crippen LogP contribution in [0.2, 0.25) is 5.02 Å². The highest BCUT2D eigenvalue weighted by atomic mass is 79.9. The highest BCUT2D eigenvalue weighted by molar-refractivity contribution is 9.10. The minimum atomic E-state index is -0.368. The Balaban J connectivity index is 2.39. The number of benzene rings is 2. The van der Waals surface area contributed by atoms with E-state index in [4.69, 9.17) is 34.3 Å². The predicted octanol–water partition coefficient (Wildman–Crippen LogP) is 4.67.